The van der Waals surface area contributed by atoms with E-state index in [2.05, 4.69) is 28.9 Å². The summed E-state index contributed by atoms with van der Waals surface area (Å²) in [6, 6.07) is 6.28. The molecule has 7 heteroatoms. The van der Waals surface area contributed by atoms with Crippen LogP contribution >= 0.6 is 0 Å². The average Bonchev–Trinajstić information content (AvgIpc) is 3.08. The van der Waals surface area contributed by atoms with Gasteiger partial charge in [0.2, 0.25) is 5.91 Å². The number of hydrogen-bond acceptors (Lipinski definition) is 4. The highest BCUT2D eigenvalue weighted by molar-refractivity contribution is 5.97. The minimum Gasteiger partial charge on any atom is -0.331 e. The number of anilines is 1. The number of carbonyl (C=O) groups is 2. The smallest absolute Gasteiger partial charge is 0.254 e. The van der Waals surface area contributed by atoms with Crippen molar-refractivity contribution in [1.29, 1.82) is 0 Å². The van der Waals surface area contributed by atoms with Gasteiger partial charge >= 0.3 is 0 Å². The second-order valence-corrected chi connectivity index (χ2v) is 6.02. The fourth-order valence-corrected chi connectivity index (χ4v) is 2.68. The Morgan fingerprint density at radius 3 is 2.33 bits per heavy atom. The van der Waals surface area contributed by atoms with Crippen molar-refractivity contribution in [3.8, 4) is 0 Å². The monoisotopic (exact) mass is 367 g/mol. The molecule has 2 N–H and O–H groups in total. The number of aryl methyl sites for hydroxylation is 1. The molecule has 0 aliphatic carbocycles. The van der Waals surface area contributed by atoms with Crippen molar-refractivity contribution in [2.75, 3.05) is 25.5 Å². The van der Waals surface area contributed by atoms with E-state index in [4.69, 9.17) is 0 Å². The summed E-state index contributed by atoms with van der Waals surface area (Å²) in [7, 11) is 3.51. The SMILES string of the molecule is C=CCN(CC=C)C(=O)c1ccc(NC(=O)C(NC)c2cnn(C)c2)cc1. The van der Waals surface area contributed by atoms with Gasteiger partial charge in [-0.25, -0.2) is 0 Å². The van der Waals surface area contributed by atoms with E-state index in [-0.39, 0.29) is 11.8 Å². The van der Waals surface area contributed by atoms with Crippen LogP contribution in [0.5, 0.6) is 0 Å². The molecule has 0 fully saturated rings. The summed E-state index contributed by atoms with van der Waals surface area (Å²) in [6.07, 6.45) is 6.78. The maximum absolute atomic E-state index is 12.5. The third-order valence-electron chi connectivity index (χ3n) is 3.99. The predicted molar refractivity (Wildman–Crippen MR) is 106 cm³/mol. The Labute approximate surface area is 159 Å². The number of rotatable bonds is 9. The third-order valence-corrected chi connectivity index (χ3v) is 3.99. The van der Waals surface area contributed by atoms with Gasteiger partial charge in [-0.1, -0.05) is 12.2 Å². The molecule has 27 heavy (non-hydrogen) atoms. The highest BCUT2D eigenvalue weighted by Crippen LogP contribution is 2.16. The van der Waals surface area contributed by atoms with Crippen LogP contribution in [0.1, 0.15) is 22.0 Å². The van der Waals surface area contributed by atoms with Crippen molar-refractivity contribution in [2.24, 2.45) is 7.05 Å². The first kappa shape index (κ1) is 20.1. The predicted octanol–water partition coefficient (Wildman–Crippen LogP) is 2.13. The zero-order chi connectivity index (χ0) is 19.8. The lowest BCUT2D eigenvalue weighted by molar-refractivity contribution is -0.118. The van der Waals surface area contributed by atoms with Gasteiger partial charge in [-0.05, 0) is 31.3 Å². The lowest BCUT2D eigenvalue weighted by Crippen LogP contribution is -2.31. The van der Waals surface area contributed by atoms with E-state index in [9.17, 15) is 9.59 Å². The molecule has 1 unspecified atom stereocenters. The largest absolute Gasteiger partial charge is 0.331 e. The first-order valence-electron chi connectivity index (χ1n) is 8.58. The Morgan fingerprint density at radius 1 is 1.22 bits per heavy atom. The normalized spacial score (nSPS) is 11.5. The molecule has 7 nitrogen and oxygen atoms in total. The molecule has 0 aliphatic heterocycles. The number of aromatic nitrogens is 2. The third kappa shape index (κ3) is 5.15. The van der Waals surface area contributed by atoms with Gasteiger partial charge in [-0.3, -0.25) is 14.3 Å². The summed E-state index contributed by atoms with van der Waals surface area (Å²) >= 11 is 0. The quantitative estimate of drug-likeness (QED) is 0.666. The van der Waals surface area contributed by atoms with Crippen LogP contribution in [-0.4, -0.2) is 46.6 Å². The minimum atomic E-state index is -0.518. The van der Waals surface area contributed by atoms with Gasteiger partial charge in [-0.15, -0.1) is 13.2 Å². The van der Waals surface area contributed by atoms with Crippen LogP contribution in [0.15, 0.2) is 62.0 Å². The van der Waals surface area contributed by atoms with Gasteiger partial charge in [0.1, 0.15) is 6.04 Å². The topological polar surface area (TPSA) is 79.3 Å². The van der Waals surface area contributed by atoms with Gasteiger partial charge in [0.15, 0.2) is 0 Å². The van der Waals surface area contributed by atoms with Crippen LogP contribution < -0.4 is 10.6 Å². The van der Waals surface area contributed by atoms with Crippen molar-refractivity contribution in [3.63, 3.8) is 0 Å². The highest BCUT2D eigenvalue weighted by Gasteiger charge is 2.20. The molecule has 2 aromatic rings. The summed E-state index contributed by atoms with van der Waals surface area (Å²) in [5.41, 5.74) is 1.92. The first-order valence-corrected chi connectivity index (χ1v) is 8.58. The van der Waals surface area contributed by atoms with E-state index in [1.807, 2.05) is 0 Å². The van der Waals surface area contributed by atoms with Crippen LogP contribution in [0.4, 0.5) is 5.69 Å². The Morgan fingerprint density at radius 2 is 1.85 bits per heavy atom. The van der Waals surface area contributed by atoms with Crippen LogP contribution in [0.25, 0.3) is 0 Å². The molecule has 0 aliphatic rings. The van der Waals surface area contributed by atoms with E-state index in [1.165, 1.54) is 0 Å². The number of carbonyl (C=O) groups excluding carboxylic acids is 2. The Balaban J connectivity index is 2.08. The van der Waals surface area contributed by atoms with E-state index >= 15 is 0 Å². The molecule has 0 bridgehead atoms. The van der Waals surface area contributed by atoms with Gasteiger partial charge in [-0.2, -0.15) is 5.10 Å². The Hall–Kier alpha value is -3.19. The summed E-state index contributed by atoms with van der Waals surface area (Å²) in [6.45, 7) is 8.22. The lowest BCUT2D eigenvalue weighted by atomic mass is 10.1. The first-order chi connectivity index (χ1) is 13.0. The zero-order valence-electron chi connectivity index (χ0n) is 15.7. The van der Waals surface area contributed by atoms with Gasteiger partial charge in [0, 0.05) is 43.1 Å². The average molecular weight is 367 g/mol. The number of nitrogens with zero attached hydrogens (tertiary/aromatic N) is 3. The van der Waals surface area contributed by atoms with Crippen molar-refractivity contribution in [2.45, 2.75) is 6.04 Å². The number of benzene rings is 1. The van der Waals surface area contributed by atoms with Crippen molar-refractivity contribution >= 4 is 17.5 Å². The number of hydrogen-bond donors (Lipinski definition) is 2. The van der Waals surface area contributed by atoms with E-state index < -0.39 is 6.04 Å². The van der Waals surface area contributed by atoms with Crippen molar-refractivity contribution in [3.05, 3.63) is 73.1 Å². The fourth-order valence-electron chi connectivity index (χ4n) is 2.68. The van der Waals surface area contributed by atoms with Crippen LogP contribution in [0.3, 0.4) is 0 Å². The van der Waals surface area contributed by atoms with Crippen molar-refractivity contribution in [1.82, 2.24) is 20.0 Å². The molecule has 0 saturated carbocycles. The molecule has 1 aromatic heterocycles. The van der Waals surface area contributed by atoms with Crippen LogP contribution in [-0.2, 0) is 11.8 Å². The van der Waals surface area contributed by atoms with Crippen molar-refractivity contribution < 1.29 is 9.59 Å². The highest BCUT2D eigenvalue weighted by atomic mass is 16.2. The number of amides is 2. The summed E-state index contributed by atoms with van der Waals surface area (Å²) in [5, 5.41) is 9.92. The molecular weight excluding hydrogens is 342 g/mol. The molecule has 0 radical (unpaired) electrons. The summed E-state index contributed by atoms with van der Waals surface area (Å²) in [5.74, 6) is -0.319. The Kier molecular flexibility index (Phi) is 7.08. The molecular formula is C20H25N5O2. The zero-order valence-corrected chi connectivity index (χ0v) is 15.7. The second kappa shape index (κ2) is 9.49. The summed E-state index contributed by atoms with van der Waals surface area (Å²) in [4.78, 5) is 26.7. The molecule has 2 amide bonds. The molecule has 1 heterocycles. The number of nitrogens with one attached hydrogen (secondary N) is 2. The second-order valence-electron chi connectivity index (χ2n) is 6.02. The number of likely N-dealkylation sites (N-methyl/N-ethyl adjacent to an activating group) is 1. The molecule has 0 saturated heterocycles. The minimum absolute atomic E-state index is 0.115. The molecule has 142 valence electrons. The van der Waals surface area contributed by atoms with Gasteiger partial charge in [0.05, 0.1) is 6.20 Å². The molecule has 0 spiro atoms. The van der Waals surface area contributed by atoms with Gasteiger partial charge in [0.25, 0.3) is 5.91 Å². The molecule has 1 aromatic carbocycles. The summed E-state index contributed by atoms with van der Waals surface area (Å²) < 4.78 is 1.64. The van der Waals surface area contributed by atoms with E-state index in [1.54, 1.807) is 72.5 Å². The fraction of sp³-hybridized carbons (Fsp3) is 0.250. The van der Waals surface area contributed by atoms with E-state index in [0.717, 1.165) is 5.56 Å². The van der Waals surface area contributed by atoms with Gasteiger partial charge < -0.3 is 15.5 Å². The Bertz CT molecular complexity index is 800. The lowest BCUT2D eigenvalue weighted by Gasteiger charge is -2.19. The van der Waals surface area contributed by atoms with E-state index in [0.29, 0.717) is 24.3 Å². The molecule has 1 atom stereocenters. The standard InChI is InChI=1S/C20H25N5O2/c1-5-11-25(12-6-2)20(27)15-7-9-17(10-8-15)23-19(26)18(21-3)16-13-22-24(4)14-16/h5-10,13-14,18,21H,1-2,11-12H2,3-4H3,(H,23,26). The van der Waals surface area contributed by atoms with Crippen LogP contribution in [0.2, 0.25) is 0 Å². The molecule has 2 rings (SSSR count). The maximum Gasteiger partial charge on any atom is 0.254 e. The van der Waals surface area contributed by atoms with Crippen LogP contribution in [0, 0.1) is 0 Å². The maximum atomic E-state index is 12.5.